The van der Waals surface area contributed by atoms with E-state index in [0.717, 1.165) is 36.6 Å². The Bertz CT molecular complexity index is 1160. The highest BCUT2D eigenvalue weighted by Crippen LogP contribution is 2.27. The van der Waals surface area contributed by atoms with Crippen molar-refractivity contribution < 1.29 is 17.6 Å². The molecule has 1 saturated heterocycles. The van der Waals surface area contributed by atoms with E-state index in [1.807, 2.05) is 30.3 Å². The van der Waals surface area contributed by atoms with E-state index in [0.29, 0.717) is 25.2 Å². The summed E-state index contributed by atoms with van der Waals surface area (Å²) in [7, 11) is -3.55. The molecule has 2 heterocycles. The molecule has 0 unspecified atom stereocenters. The van der Waals surface area contributed by atoms with Crippen molar-refractivity contribution in [2.24, 2.45) is 0 Å². The molecule has 168 valence electrons. The van der Waals surface area contributed by atoms with Gasteiger partial charge in [-0.05, 0) is 36.6 Å². The molecule has 0 radical (unpaired) electrons. The summed E-state index contributed by atoms with van der Waals surface area (Å²) in [6.45, 7) is 1.54. The van der Waals surface area contributed by atoms with E-state index in [1.54, 1.807) is 24.3 Å². The quantitative estimate of drug-likeness (QED) is 0.501. The normalized spacial score (nSPS) is 14.9. The van der Waals surface area contributed by atoms with Gasteiger partial charge in [0.2, 0.25) is 21.8 Å². The van der Waals surface area contributed by atoms with Gasteiger partial charge in [-0.2, -0.15) is 4.31 Å². The van der Waals surface area contributed by atoms with Crippen LogP contribution in [0.2, 0.25) is 0 Å². The summed E-state index contributed by atoms with van der Waals surface area (Å²) < 4.78 is 33.0. The molecule has 0 atom stereocenters. The average Bonchev–Trinajstić information content (AvgIpc) is 3.32. The van der Waals surface area contributed by atoms with Crippen molar-refractivity contribution in [2.45, 2.75) is 35.9 Å². The van der Waals surface area contributed by atoms with E-state index in [2.05, 4.69) is 15.5 Å². The van der Waals surface area contributed by atoms with Crippen LogP contribution in [0.15, 0.2) is 69.1 Å². The second kappa shape index (κ2) is 10.3. The standard InChI is InChI=1S/C22H24N4O4S2/c27-20(23-15-17-8-3-1-4-9-17)16-31-22-25-24-21(30-22)18-10-7-11-19(14-18)32(28,29)26-12-5-2-6-13-26/h1,3-4,7-11,14H,2,5-6,12-13,15-16H2,(H,23,27). The first kappa shape index (κ1) is 22.5. The molecule has 0 spiro atoms. The Hall–Kier alpha value is -2.69. The van der Waals surface area contributed by atoms with Gasteiger partial charge in [-0.25, -0.2) is 8.42 Å². The van der Waals surface area contributed by atoms with E-state index < -0.39 is 10.0 Å². The van der Waals surface area contributed by atoms with Crippen molar-refractivity contribution in [3.05, 3.63) is 60.2 Å². The van der Waals surface area contributed by atoms with Crippen LogP contribution in [0.5, 0.6) is 0 Å². The van der Waals surface area contributed by atoms with Gasteiger partial charge >= 0.3 is 0 Å². The van der Waals surface area contributed by atoms with Crippen LogP contribution in [0.25, 0.3) is 11.5 Å². The smallest absolute Gasteiger partial charge is 0.277 e. The summed E-state index contributed by atoms with van der Waals surface area (Å²) in [5, 5.41) is 11.1. The summed E-state index contributed by atoms with van der Waals surface area (Å²) >= 11 is 1.13. The Morgan fingerprint density at radius 2 is 1.81 bits per heavy atom. The molecule has 0 saturated carbocycles. The van der Waals surface area contributed by atoms with Gasteiger partial charge in [0, 0.05) is 25.2 Å². The van der Waals surface area contributed by atoms with Gasteiger partial charge in [-0.1, -0.05) is 54.6 Å². The minimum Gasteiger partial charge on any atom is -0.411 e. The first-order chi connectivity index (χ1) is 15.5. The number of rotatable bonds is 8. The fourth-order valence-corrected chi connectivity index (χ4v) is 5.56. The van der Waals surface area contributed by atoms with Crippen LogP contribution in [-0.2, 0) is 21.4 Å². The van der Waals surface area contributed by atoms with E-state index in [1.165, 1.54) is 4.31 Å². The van der Waals surface area contributed by atoms with Gasteiger partial charge in [-0.15, -0.1) is 10.2 Å². The number of nitrogens with one attached hydrogen (secondary N) is 1. The Balaban J connectivity index is 1.37. The van der Waals surface area contributed by atoms with Gasteiger partial charge in [0.05, 0.1) is 10.6 Å². The molecule has 0 bridgehead atoms. The molecule has 1 fully saturated rings. The molecular formula is C22H24N4O4S2. The maximum atomic E-state index is 12.9. The molecule has 1 N–H and O–H groups in total. The van der Waals surface area contributed by atoms with Gasteiger partial charge in [0.1, 0.15) is 0 Å². The predicted octanol–water partition coefficient (Wildman–Crippen LogP) is 3.32. The summed E-state index contributed by atoms with van der Waals surface area (Å²) in [5.41, 5.74) is 1.54. The van der Waals surface area contributed by atoms with Crippen LogP contribution in [0.3, 0.4) is 0 Å². The molecule has 0 aliphatic carbocycles. The minimum atomic E-state index is -3.55. The zero-order valence-corrected chi connectivity index (χ0v) is 19.1. The molecule has 1 amide bonds. The van der Waals surface area contributed by atoms with Crippen molar-refractivity contribution in [1.29, 1.82) is 0 Å². The van der Waals surface area contributed by atoms with Crippen molar-refractivity contribution >= 4 is 27.7 Å². The molecule has 3 aromatic rings. The third-order valence-electron chi connectivity index (χ3n) is 5.10. The monoisotopic (exact) mass is 472 g/mol. The molecule has 1 aliphatic rings. The van der Waals surface area contributed by atoms with Crippen molar-refractivity contribution in [2.75, 3.05) is 18.8 Å². The van der Waals surface area contributed by atoms with Crippen molar-refractivity contribution in [1.82, 2.24) is 19.8 Å². The fourth-order valence-electron chi connectivity index (χ4n) is 3.40. The zero-order valence-electron chi connectivity index (χ0n) is 17.4. The van der Waals surface area contributed by atoms with Crippen LogP contribution >= 0.6 is 11.8 Å². The Kier molecular flexibility index (Phi) is 7.23. The van der Waals surface area contributed by atoms with Crippen LogP contribution < -0.4 is 5.32 Å². The lowest BCUT2D eigenvalue weighted by molar-refractivity contribution is -0.118. The summed E-state index contributed by atoms with van der Waals surface area (Å²) in [5.74, 6) is 0.207. The topological polar surface area (TPSA) is 105 Å². The van der Waals surface area contributed by atoms with Crippen LogP contribution in [0.1, 0.15) is 24.8 Å². The first-order valence-corrected chi connectivity index (χ1v) is 12.8. The number of piperidine rings is 1. The Labute approximate surface area is 191 Å². The summed E-state index contributed by atoms with van der Waals surface area (Å²) in [4.78, 5) is 12.3. The third-order valence-corrected chi connectivity index (χ3v) is 7.81. The molecule has 1 aromatic heterocycles. The molecule has 32 heavy (non-hydrogen) atoms. The zero-order chi connectivity index (χ0) is 22.4. The fraction of sp³-hybridized carbons (Fsp3) is 0.318. The largest absolute Gasteiger partial charge is 0.411 e. The number of aromatic nitrogens is 2. The Morgan fingerprint density at radius 3 is 2.59 bits per heavy atom. The highest BCUT2D eigenvalue weighted by atomic mass is 32.2. The van der Waals surface area contributed by atoms with E-state index in [-0.39, 0.29) is 27.7 Å². The maximum absolute atomic E-state index is 12.9. The number of hydrogen-bond acceptors (Lipinski definition) is 7. The minimum absolute atomic E-state index is 0.137. The number of amides is 1. The van der Waals surface area contributed by atoms with E-state index >= 15 is 0 Å². The summed E-state index contributed by atoms with van der Waals surface area (Å²) in [6, 6.07) is 16.2. The van der Waals surface area contributed by atoms with Gasteiger partial charge in [0.25, 0.3) is 5.22 Å². The van der Waals surface area contributed by atoms with Gasteiger partial charge in [0.15, 0.2) is 0 Å². The van der Waals surface area contributed by atoms with E-state index in [4.69, 9.17) is 4.42 Å². The molecular weight excluding hydrogens is 448 g/mol. The van der Waals surface area contributed by atoms with Crippen LogP contribution in [0.4, 0.5) is 0 Å². The van der Waals surface area contributed by atoms with Crippen molar-refractivity contribution in [3.8, 4) is 11.5 Å². The average molecular weight is 473 g/mol. The lowest BCUT2D eigenvalue weighted by Crippen LogP contribution is -2.35. The molecule has 8 nitrogen and oxygen atoms in total. The molecule has 2 aromatic carbocycles. The predicted molar refractivity (Wildman–Crippen MR) is 121 cm³/mol. The highest BCUT2D eigenvalue weighted by Gasteiger charge is 2.26. The number of hydrogen-bond donors (Lipinski definition) is 1. The second-order valence-electron chi connectivity index (χ2n) is 7.42. The van der Waals surface area contributed by atoms with Crippen molar-refractivity contribution in [3.63, 3.8) is 0 Å². The van der Waals surface area contributed by atoms with Crippen LogP contribution in [-0.4, -0.2) is 47.7 Å². The number of nitrogens with zero attached hydrogens (tertiary/aromatic N) is 3. The lowest BCUT2D eigenvalue weighted by atomic mass is 10.2. The second-order valence-corrected chi connectivity index (χ2v) is 10.3. The highest BCUT2D eigenvalue weighted by molar-refractivity contribution is 7.99. The maximum Gasteiger partial charge on any atom is 0.277 e. The lowest BCUT2D eigenvalue weighted by Gasteiger charge is -2.25. The third kappa shape index (κ3) is 5.56. The Morgan fingerprint density at radius 1 is 1.03 bits per heavy atom. The SMILES string of the molecule is O=C(CSc1nnc(-c2cccc(S(=O)(=O)N3CCCCC3)c2)o1)NCc1ccccc1. The van der Waals surface area contributed by atoms with Crippen LogP contribution in [0, 0.1) is 0 Å². The first-order valence-electron chi connectivity index (χ1n) is 10.4. The number of thioether (sulfide) groups is 1. The molecule has 1 aliphatic heterocycles. The van der Waals surface area contributed by atoms with Gasteiger partial charge in [-0.3, -0.25) is 4.79 Å². The number of benzene rings is 2. The number of carbonyl (C=O) groups excluding carboxylic acids is 1. The van der Waals surface area contributed by atoms with Gasteiger partial charge < -0.3 is 9.73 Å². The number of carbonyl (C=O) groups is 1. The molecule has 10 heteroatoms. The summed E-state index contributed by atoms with van der Waals surface area (Å²) in [6.07, 6.45) is 2.81. The van der Waals surface area contributed by atoms with E-state index in [9.17, 15) is 13.2 Å². The number of sulfonamides is 1. The molecule has 4 rings (SSSR count).